The molecule has 4 unspecified atom stereocenters. The van der Waals surface area contributed by atoms with Gasteiger partial charge in [-0.25, -0.2) is 45.1 Å². The van der Waals surface area contributed by atoms with E-state index >= 15 is 4.79 Å². The van der Waals surface area contributed by atoms with Crippen molar-refractivity contribution in [3.8, 4) is 36.2 Å². The summed E-state index contributed by atoms with van der Waals surface area (Å²) in [5, 5.41) is 22.3. The van der Waals surface area contributed by atoms with Gasteiger partial charge in [-0.15, -0.1) is 35.5 Å². The number of piperidine rings is 2. The lowest BCUT2D eigenvalue weighted by Gasteiger charge is -2.41. The number of terminal acetylenes is 2. The van der Waals surface area contributed by atoms with Gasteiger partial charge < -0.3 is 19.1 Å². The molecule has 0 aliphatic carbocycles. The summed E-state index contributed by atoms with van der Waals surface area (Å²) < 4.78 is 128. The second-order valence-electron chi connectivity index (χ2n) is 19.7. The van der Waals surface area contributed by atoms with Crippen molar-refractivity contribution in [3.63, 3.8) is 0 Å². The number of ether oxygens (including phenoxy) is 2. The topological polar surface area (TPSA) is 147 Å². The maximum Gasteiger partial charge on any atom is 0.282 e. The van der Waals surface area contributed by atoms with E-state index in [-0.39, 0.29) is 51.2 Å². The molecule has 0 radical (unpaired) electrons. The Morgan fingerprint density at radius 1 is 0.634 bits per heavy atom. The zero-order valence-corrected chi connectivity index (χ0v) is 46.4. The molecule has 432 valence electrons. The van der Waals surface area contributed by atoms with E-state index in [0.717, 1.165) is 10.0 Å². The van der Waals surface area contributed by atoms with Gasteiger partial charge in [-0.2, -0.15) is 10.2 Å². The number of halogens is 10. The monoisotopic (exact) mass is 1220 g/mol. The number of aromatic nitrogens is 6. The van der Waals surface area contributed by atoms with Gasteiger partial charge in [0.1, 0.15) is 58.9 Å². The van der Waals surface area contributed by atoms with Gasteiger partial charge >= 0.3 is 0 Å². The number of likely N-dealkylation sites (tertiary alicyclic amines) is 2. The smallest absolute Gasteiger partial charge is 0.282 e. The maximum absolute atomic E-state index is 15.6. The Morgan fingerprint density at radius 3 is 1.40 bits per heavy atom. The quantitative estimate of drug-likeness (QED) is 0.0473. The Morgan fingerprint density at radius 2 is 1.04 bits per heavy atom. The maximum atomic E-state index is 15.6. The van der Waals surface area contributed by atoms with Crippen LogP contribution in [0.3, 0.4) is 0 Å². The average Bonchev–Trinajstić information content (AvgIpc) is 4.48. The lowest BCUT2D eigenvalue weighted by molar-refractivity contribution is -0.132. The van der Waals surface area contributed by atoms with Crippen LogP contribution in [0.5, 0.6) is 11.5 Å². The Balaban J connectivity index is 0.883. The van der Waals surface area contributed by atoms with Gasteiger partial charge in [0, 0.05) is 35.4 Å². The van der Waals surface area contributed by atoms with E-state index in [9.17, 15) is 35.1 Å². The normalized spacial score (nSPS) is 19.1. The lowest BCUT2D eigenvalue weighted by Crippen LogP contribution is -2.57. The predicted octanol–water partition coefficient (Wildman–Crippen LogP) is 12.6. The highest BCUT2D eigenvalue weighted by molar-refractivity contribution is 7.10. The first-order chi connectivity index (χ1) is 39.6. The molecule has 2 aromatic carbocycles. The minimum Gasteiger partial charge on any atom is -0.480 e. The van der Waals surface area contributed by atoms with Gasteiger partial charge in [0.25, 0.3) is 25.7 Å². The highest BCUT2D eigenvalue weighted by Crippen LogP contribution is 2.43. The van der Waals surface area contributed by atoms with E-state index in [2.05, 4.69) is 32.3 Å². The van der Waals surface area contributed by atoms with Gasteiger partial charge in [-0.3, -0.25) is 24.0 Å². The van der Waals surface area contributed by atoms with Crippen LogP contribution >= 0.6 is 45.9 Å². The molecule has 82 heavy (non-hydrogen) atoms. The van der Waals surface area contributed by atoms with Crippen LogP contribution in [0.2, 0.25) is 10.0 Å². The fourth-order valence-corrected chi connectivity index (χ4v) is 13.3. The molecule has 4 atom stereocenters. The fraction of sp³-hybridized carbons (Fsp3) is 0.436. The summed E-state index contributed by atoms with van der Waals surface area (Å²) in [6.45, 7) is -0.499. The molecule has 4 aliphatic heterocycles. The van der Waals surface area contributed by atoms with Gasteiger partial charge in [0.2, 0.25) is 0 Å². The van der Waals surface area contributed by atoms with Gasteiger partial charge in [-0.05, 0) is 88.3 Å². The Bertz CT molecular complexity index is 3180. The molecule has 6 aromatic rings. The summed E-state index contributed by atoms with van der Waals surface area (Å²) in [6.07, 6.45) is -1.06. The minimum absolute atomic E-state index is 0.0148. The summed E-state index contributed by atoms with van der Waals surface area (Å²) in [7, 11) is 0. The third-order valence-corrected chi connectivity index (χ3v) is 17.5. The largest absolute Gasteiger partial charge is 0.480 e. The van der Waals surface area contributed by atoms with Crippen LogP contribution < -0.4 is 9.47 Å². The highest BCUT2D eigenvalue weighted by atomic mass is 35.5. The zero-order chi connectivity index (χ0) is 57.8. The highest BCUT2D eigenvalue weighted by Gasteiger charge is 2.42. The molecule has 0 saturated carbocycles. The molecular formula is C55H50Cl2F8N10O5S2. The molecule has 2 saturated heterocycles. The Kier molecular flexibility index (Phi) is 18.5. The van der Waals surface area contributed by atoms with E-state index in [1.807, 2.05) is 10.8 Å². The molecule has 0 N–H and O–H groups in total. The number of rotatable bonds is 22. The number of ketones is 1. The first kappa shape index (κ1) is 58.6. The van der Waals surface area contributed by atoms with Crippen molar-refractivity contribution >= 4 is 63.1 Å². The second kappa shape index (κ2) is 25.9. The number of oxime groups is 2. The van der Waals surface area contributed by atoms with Gasteiger partial charge in [0.15, 0.2) is 18.0 Å². The SMILES string of the molecule is C#CCOc1cccc(Cl)c1C1CC(c2csc(C3CCN(C(Cn4nc(C(F)F)cc4C(F)F)C(=O)C(Cn4nc(C(F)F)cc4C(F)F)N4CCC(c5nc(C6=NOC(c7c(Cl)cccc7OCC#C)C6)cs5)CC4)CC3)n2)=NO1. The van der Waals surface area contributed by atoms with Crippen molar-refractivity contribution in [1.29, 1.82) is 0 Å². The van der Waals surface area contributed by atoms with Crippen molar-refractivity contribution in [1.82, 2.24) is 39.3 Å². The molecule has 0 bridgehead atoms. The van der Waals surface area contributed by atoms with Crippen molar-refractivity contribution in [2.24, 2.45) is 10.3 Å². The number of Topliss-reactive ketones (excluding diaryl/α,β-unsaturated/α-hetero) is 1. The fourth-order valence-electron chi connectivity index (χ4n) is 10.7. The number of carbonyl (C=O) groups is 1. The Labute approximate surface area is 483 Å². The number of alkyl halides is 8. The number of hydrogen-bond donors (Lipinski definition) is 0. The summed E-state index contributed by atoms with van der Waals surface area (Å²) >= 11 is 15.9. The summed E-state index contributed by atoms with van der Waals surface area (Å²) in [4.78, 5) is 40.5. The third kappa shape index (κ3) is 12.8. The lowest BCUT2D eigenvalue weighted by atomic mass is 9.91. The molecule has 10 rings (SSSR count). The minimum atomic E-state index is -3.27. The summed E-state index contributed by atoms with van der Waals surface area (Å²) in [5.74, 6) is 4.82. The van der Waals surface area contributed by atoms with Crippen molar-refractivity contribution in [2.45, 2.75) is 113 Å². The molecule has 4 aromatic heterocycles. The first-order valence-corrected chi connectivity index (χ1v) is 28.5. The van der Waals surface area contributed by atoms with Crippen molar-refractivity contribution < 1.29 is 59.1 Å². The predicted molar refractivity (Wildman–Crippen MR) is 290 cm³/mol. The van der Waals surface area contributed by atoms with E-state index in [4.69, 9.17) is 65.2 Å². The molecule has 8 heterocycles. The van der Waals surface area contributed by atoms with Crippen molar-refractivity contribution in [3.05, 3.63) is 125 Å². The summed E-state index contributed by atoms with van der Waals surface area (Å²) in [5.41, 5.74) is -0.120. The number of thiazole rings is 2. The Hall–Kier alpha value is -6.61. The van der Waals surface area contributed by atoms with Crippen LogP contribution in [0.1, 0.15) is 144 Å². The van der Waals surface area contributed by atoms with Crippen LogP contribution in [0, 0.1) is 24.7 Å². The zero-order valence-electron chi connectivity index (χ0n) is 43.2. The number of hydrogen-bond acceptors (Lipinski definition) is 15. The second-order valence-corrected chi connectivity index (χ2v) is 22.3. The molecular weight excluding hydrogens is 1170 g/mol. The molecule has 0 spiro atoms. The molecule has 0 amide bonds. The van der Waals surface area contributed by atoms with E-state index < -0.39 is 91.6 Å². The number of benzene rings is 2. The number of nitrogens with zero attached hydrogens (tertiary/aromatic N) is 10. The van der Waals surface area contributed by atoms with Crippen LogP contribution in [-0.4, -0.2) is 108 Å². The van der Waals surface area contributed by atoms with Crippen LogP contribution in [0.4, 0.5) is 35.1 Å². The van der Waals surface area contributed by atoms with Gasteiger partial charge in [0.05, 0.1) is 67.7 Å². The van der Waals surface area contributed by atoms with E-state index in [1.165, 1.54) is 22.7 Å². The van der Waals surface area contributed by atoms with E-state index in [1.54, 1.807) is 46.2 Å². The van der Waals surface area contributed by atoms with E-state index in [0.29, 0.717) is 116 Å². The van der Waals surface area contributed by atoms with Crippen molar-refractivity contribution in [2.75, 3.05) is 39.4 Å². The average molecular weight is 1220 g/mol. The number of carbonyl (C=O) groups excluding carboxylic acids is 1. The first-order valence-electron chi connectivity index (χ1n) is 25.9. The van der Waals surface area contributed by atoms with Crippen LogP contribution in [0.25, 0.3) is 0 Å². The molecule has 15 nitrogen and oxygen atoms in total. The standard InChI is InChI=1S/C55H50Cl2F8N10O5S2/c1-3-19-77-43-9-5-7-31(56)47(43)45-23-33(70-79-45)37-27-81-54(66-37)29-11-15-72(16-12-29)41(25-74-39(52(62)63)21-35(68-74)50(58)59)49(76)42(26-75-40(53(64)65)22-36(69-75)51(60)61)73-17-13-30(14-18-73)55-67-38(28-82-55)34-24-46(80-71-34)48-32(57)8-6-10-44(48)78-20-4-2/h1-2,5-10,21-22,27-30,41-42,45-46,50-53H,11-20,23-26H2. The molecule has 27 heteroatoms. The summed E-state index contributed by atoms with van der Waals surface area (Å²) in [6, 6.07) is 8.78. The molecule has 2 fully saturated rings. The third-order valence-electron chi connectivity index (χ3n) is 14.8. The van der Waals surface area contributed by atoms with Crippen LogP contribution in [0.15, 0.2) is 69.6 Å². The van der Waals surface area contributed by atoms with Gasteiger partial charge in [-0.1, -0.05) is 57.5 Å². The van der Waals surface area contributed by atoms with Crippen LogP contribution in [-0.2, 0) is 27.6 Å². The molecule has 4 aliphatic rings.